The van der Waals surface area contributed by atoms with E-state index in [9.17, 15) is 4.79 Å². The molecule has 0 radical (unpaired) electrons. The van der Waals surface area contributed by atoms with Crippen LogP contribution in [0.5, 0.6) is 0 Å². The van der Waals surface area contributed by atoms with E-state index in [0.717, 1.165) is 23.2 Å². The Bertz CT molecular complexity index is 618. The van der Waals surface area contributed by atoms with Gasteiger partial charge in [-0.05, 0) is 42.7 Å². The van der Waals surface area contributed by atoms with Crippen LogP contribution in [0.4, 0.5) is 5.82 Å². The fourth-order valence-corrected chi connectivity index (χ4v) is 2.01. The predicted molar refractivity (Wildman–Crippen MR) is 83.3 cm³/mol. The van der Waals surface area contributed by atoms with Gasteiger partial charge in [-0.2, -0.15) is 0 Å². The van der Waals surface area contributed by atoms with E-state index in [1.807, 2.05) is 26.0 Å². The summed E-state index contributed by atoms with van der Waals surface area (Å²) in [6.07, 6.45) is 4.32. The summed E-state index contributed by atoms with van der Waals surface area (Å²) < 4.78 is 0. The maximum atomic E-state index is 12.3. The highest BCUT2D eigenvalue weighted by Gasteiger charge is 2.09. The number of hydrogen-bond acceptors (Lipinski definition) is 4. The third-order valence-corrected chi connectivity index (χ3v) is 3.33. The lowest BCUT2D eigenvalue weighted by Crippen LogP contribution is -2.23. The molecule has 1 amide bonds. The van der Waals surface area contributed by atoms with Crippen LogP contribution in [-0.2, 0) is 13.0 Å². The van der Waals surface area contributed by atoms with E-state index < -0.39 is 0 Å². The van der Waals surface area contributed by atoms with Crippen LogP contribution in [0.2, 0.25) is 0 Å². The Labute approximate surface area is 124 Å². The fraction of sp³-hybridized carbons (Fsp3) is 0.312. The van der Waals surface area contributed by atoms with Gasteiger partial charge >= 0.3 is 0 Å². The highest BCUT2D eigenvalue weighted by atomic mass is 16.1. The van der Waals surface area contributed by atoms with Crippen molar-refractivity contribution in [2.45, 2.75) is 26.8 Å². The smallest absolute Gasteiger partial charge is 0.251 e. The molecule has 0 aliphatic rings. The Morgan fingerprint density at radius 2 is 2.14 bits per heavy atom. The number of pyridine rings is 2. The number of amides is 1. The lowest BCUT2D eigenvalue weighted by atomic mass is 10.1. The average molecular weight is 284 g/mol. The molecule has 0 saturated heterocycles. The van der Waals surface area contributed by atoms with Gasteiger partial charge in [0.2, 0.25) is 0 Å². The molecule has 0 aromatic carbocycles. The molecule has 2 aromatic rings. The number of carbonyl (C=O) groups excluding carboxylic acids is 1. The Balaban J connectivity index is 2.11. The number of nitrogens with one attached hydrogen (secondary N) is 2. The number of nitrogens with zero attached hydrogens (tertiary/aromatic N) is 2. The lowest BCUT2D eigenvalue weighted by Gasteiger charge is -2.10. The maximum Gasteiger partial charge on any atom is 0.251 e. The van der Waals surface area contributed by atoms with E-state index in [1.165, 1.54) is 0 Å². The summed E-state index contributed by atoms with van der Waals surface area (Å²) in [6.45, 7) is 4.49. The van der Waals surface area contributed by atoms with Gasteiger partial charge in [-0.3, -0.25) is 9.78 Å². The molecule has 2 N–H and O–H groups in total. The van der Waals surface area contributed by atoms with Crippen LogP contribution in [0, 0.1) is 6.92 Å². The second-order valence-electron chi connectivity index (χ2n) is 4.82. The van der Waals surface area contributed by atoms with Gasteiger partial charge in [-0.15, -0.1) is 0 Å². The van der Waals surface area contributed by atoms with Crippen LogP contribution in [0.25, 0.3) is 0 Å². The van der Waals surface area contributed by atoms with Crippen LogP contribution in [-0.4, -0.2) is 22.9 Å². The van der Waals surface area contributed by atoms with Crippen molar-refractivity contribution in [2.24, 2.45) is 0 Å². The zero-order valence-corrected chi connectivity index (χ0v) is 12.6. The zero-order valence-electron chi connectivity index (χ0n) is 12.6. The Morgan fingerprint density at radius 3 is 2.81 bits per heavy atom. The minimum atomic E-state index is -0.0974. The van der Waals surface area contributed by atoms with Gasteiger partial charge in [0, 0.05) is 37.2 Å². The van der Waals surface area contributed by atoms with E-state index in [1.54, 1.807) is 25.5 Å². The van der Waals surface area contributed by atoms with E-state index in [-0.39, 0.29) is 5.91 Å². The molecule has 0 fully saturated rings. The molecule has 2 aromatic heterocycles. The number of aromatic nitrogens is 2. The maximum absolute atomic E-state index is 12.3. The van der Waals surface area contributed by atoms with Gasteiger partial charge in [0.1, 0.15) is 5.82 Å². The second-order valence-corrected chi connectivity index (χ2v) is 4.82. The molecule has 21 heavy (non-hydrogen) atoms. The lowest BCUT2D eigenvalue weighted by molar-refractivity contribution is 0.0950. The highest BCUT2D eigenvalue weighted by molar-refractivity contribution is 5.95. The molecule has 5 heteroatoms. The third kappa shape index (κ3) is 3.78. The number of aryl methyl sites for hydroxylation is 2. The quantitative estimate of drug-likeness (QED) is 0.884. The molecule has 0 spiro atoms. The van der Waals surface area contributed by atoms with Crippen molar-refractivity contribution in [1.29, 1.82) is 0 Å². The summed E-state index contributed by atoms with van der Waals surface area (Å²) in [6, 6.07) is 5.50. The van der Waals surface area contributed by atoms with Gasteiger partial charge in [-0.1, -0.05) is 6.92 Å². The number of anilines is 1. The second kappa shape index (κ2) is 6.83. The first-order valence-corrected chi connectivity index (χ1v) is 7.00. The van der Waals surface area contributed by atoms with Crippen molar-refractivity contribution < 1.29 is 4.79 Å². The molecule has 0 aliphatic heterocycles. The largest absolute Gasteiger partial charge is 0.373 e. The van der Waals surface area contributed by atoms with Crippen LogP contribution < -0.4 is 10.6 Å². The van der Waals surface area contributed by atoms with Gasteiger partial charge in [0.05, 0.1) is 0 Å². The molecule has 5 nitrogen and oxygen atoms in total. The molecule has 0 unspecified atom stereocenters. The molecule has 0 bridgehead atoms. The summed E-state index contributed by atoms with van der Waals surface area (Å²) in [5, 5.41) is 5.92. The minimum absolute atomic E-state index is 0.0974. The van der Waals surface area contributed by atoms with Gasteiger partial charge < -0.3 is 10.6 Å². The minimum Gasteiger partial charge on any atom is -0.373 e. The van der Waals surface area contributed by atoms with Gasteiger partial charge in [0.15, 0.2) is 0 Å². The van der Waals surface area contributed by atoms with Gasteiger partial charge in [-0.25, -0.2) is 4.98 Å². The van der Waals surface area contributed by atoms with E-state index in [4.69, 9.17) is 0 Å². The summed E-state index contributed by atoms with van der Waals surface area (Å²) in [5.74, 6) is 0.611. The van der Waals surface area contributed by atoms with Crippen molar-refractivity contribution >= 4 is 11.7 Å². The predicted octanol–water partition coefficient (Wildman–Crippen LogP) is 2.32. The third-order valence-electron chi connectivity index (χ3n) is 3.33. The molecule has 110 valence electrons. The standard InChI is InChI=1S/C16H20N4O/c1-4-14-7-13(8-15(17-3)20-14)16(21)19-10-12-5-6-18-9-11(12)2/h5-9H,4,10H2,1-3H3,(H,17,20)(H,19,21). The van der Waals surface area contributed by atoms with Crippen molar-refractivity contribution in [1.82, 2.24) is 15.3 Å². The van der Waals surface area contributed by atoms with Crippen LogP contribution in [0.1, 0.15) is 34.1 Å². The van der Waals surface area contributed by atoms with E-state index in [0.29, 0.717) is 17.9 Å². The number of rotatable bonds is 5. The van der Waals surface area contributed by atoms with E-state index in [2.05, 4.69) is 20.6 Å². The topological polar surface area (TPSA) is 66.9 Å². The molecule has 0 saturated carbocycles. The Hall–Kier alpha value is -2.43. The van der Waals surface area contributed by atoms with Crippen LogP contribution >= 0.6 is 0 Å². The first kappa shape index (κ1) is 15.0. The first-order valence-electron chi connectivity index (χ1n) is 7.00. The molecule has 2 rings (SSSR count). The molecule has 0 aliphatic carbocycles. The molecule has 2 heterocycles. The Morgan fingerprint density at radius 1 is 1.33 bits per heavy atom. The molecular weight excluding hydrogens is 264 g/mol. The highest BCUT2D eigenvalue weighted by Crippen LogP contribution is 2.11. The summed E-state index contributed by atoms with van der Waals surface area (Å²) in [7, 11) is 1.80. The average Bonchev–Trinajstić information content (AvgIpc) is 2.53. The monoisotopic (exact) mass is 284 g/mol. The fourth-order valence-electron chi connectivity index (χ4n) is 2.01. The molecular formula is C16H20N4O. The molecule has 0 atom stereocenters. The van der Waals surface area contributed by atoms with Crippen molar-refractivity contribution in [3.05, 3.63) is 53.0 Å². The van der Waals surface area contributed by atoms with Crippen molar-refractivity contribution in [2.75, 3.05) is 12.4 Å². The number of carbonyl (C=O) groups is 1. The normalized spacial score (nSPS) is 10.2. The Kier molecular flexibility index (Phi) is 4.87. The first-order chi connectivity index (χ1) is 10.1. The van der Waals surface area contributed by atoms with Gasteiger partial charge in [0.25, 0.3) is 5.91 Å². The SMILES string of the molecule is CCc1cc(C(=O)NCc2ccncc2C)cc(NC)n1. The summed E-state index contributed by atoms with van der Waals surface area (Å²) in [5.41, 5.74) is 3.65. The zero-order chi connectivity index (χ0) is 15.2. The number of hydrogen-bond donors (Lipinski definition) is 2. The van der Waals surface area contributed by atoms with Crippen LogP contribution in [0.15, 0.2) is 30.6 Å². The summed E-state index contributed by atoms with van der Waals surface area (Å²) >= 11 is 0. The van der Waals surface area contributed by atoms with Crippen molar-refractivity contribution in [3.63, 3.8) is 0 Å². The van der Waals surface area contributed by atoms with Crippen molar-refractivity contribution in [3.8, 4) is 0 Å². The van der Waals surface area contributed by atoms with E-state index >= 15 is 0 Å². The van der Waals surface area contributed by atoms with Crippen LogP contribution in [0.3, 0.4) is 0 Å². The summed E-state index contributed by atoms with van der Waals surface area (Å²) in [4.78, 5) is 20.7.